The number of alkyl halides is 3. The van der Waals surface area contributed by atoms with Crippen LogP contribution in [0.3, 0.4) is 0 Å². The Morgan fingerprint density at radius 3 is 2.58 bits per heavy atom. The van der Waals surface area contributed by atoms with Crippen LogP contribution in [0.25, 0.3) is 22.4 Å². The molecule has 1 aliphatic carbocycles. The van der Waals surface area contributed by atoms with Crippen molar-refractivity contribution in [1.82, 2.24) is 24.6 Å². The maximum Gasteiger partial charge on any atom is 0.419 e. The first-order chi connectivity index (χ1) is 14.7. The molecular weight excluding hydrogens is 414 g/mol. The lowest BCUT2D eigenvalue weighted by atomic mass is 9.99. The minimum Gasteiger partial charge on any atom is -0.507 e. The topological polar surface area (TPSA) is 67.1 Å². The van der Waals surface area contributed by atoms with Crippen molar-refractivity contribution in [3.63, 3.8) is 0 Å². The van der Waals surface area contributed by atoms with Gasteiger partial charge in [-0.3, -0.25) is 0 Å². The molecule has 0 unspecified atom stereocenters. The molecule has 2 fully saturated rings. The predicted octanol–water partition coefficient (Wildman–Crippen LogP) is 4.50. The number of piperidine rings is 1. The van der Waals surface area contributed by atoms with E-state index in [4.69, 9.17) is 0 Å². The summed E-state index contributed by atoms with van der Waals surface area (Å²) in [6, 6.07) is 1.30. The van der Waals surface area contributed by atoms with E-state index in [1.165, 1.54) is 0 Å². The van der Waals surface area contributed by atoms with E-state index < -0.39 is 23.3 Å². The molecule has 1 saturated carbocycles. The number of hydrogen-bond acceptors (Lipinski definition) is 5. The summed E-state index contributed by atoms with van der Waals surface area (Å²) in [6.07, 6.45) is 0.615. The lowest BCUT2D eigenvalue weighted by molar-refractivity contribution is -0.140. The molecular formula is C21H21F4N5O. The maximum atomic E-state index is 14.3. The van der Waals surface area contributed by atoms with Gasteiger partial charge >= 0.3 is 6.18 Å². The van der Waals surface area contributed by atoms with E-state index in [1.807, 2.05) is 4.57 Å². The molecule has 0 radical (unpaired) electrons. The second kappa shape index (κ2) is 7.15. The highest BCUT2D eigenvalue weighted by atomic mass is 19.4. The van der Waals surface area contributed by atoms with Crippen molar-refractivity contribution in [3.8, 4) is 17.0 Å². The number of halogens is 4. The molecule has 1 saturated heterocycles. The smallest absolute Gasteiger partial charge is 0.419 e. The van der Waals surface area contributed by atoms with Crippen molar-refractivity contribution in [1.29, 1.82) is 0 Å². The van der Waals surface area contributed by atoms with Gasteiger partial charge in [0.05, 0.1) is 11.9 Å². The Kier molecular flexibility index (Phi) is 4.65. The van der Waals surface area contributed by atoms with Crippen LogP contribution in [-0.2, 0) is 6.18 Å². The van der Waals surface area contributed by atoms with E-state index in [-0.39, 0.29) is 23.2 Å². The molecule has 1 aromatic carbocycles. The Balaban J connectivity index is 1.64. The van der Waals surface area contributed by atoms with Crippen LogP contribution < -0.4 is 0 Å². The zero-order chi connectivity index (χ0) is 21.9. The van der Waals surface area contributed by atoms with Gasteiger partial charge in [-0.2, -0.15) is 13.2 Å². The normalized spacial score (nSPS) is 20.5. The van der Waals surface area contributed by atoms with Gasteiger partial charge in [0.15, 0.2) is 5.65 Å². The molecule has 5 rings (SSSR count). The zero-order valence-electron chi connectivity index (χ0n) is 16.8. The van der Waals surface area contributed by atoms with Gasteiger partial charge in [0.1, 0.15) is 22.8 Å². The summed E-state index contributed by atoms with van der Waals surface area (Å²) in [5, 5.41) is 18.9. The van der Waals surface area contributed by atoms with Crippen molar-refractivity contribution < 1.29 is 22.7 Å². The maximum absolute atomic E-state index is 14.3. The van der Waals surface area contributed by atoms with Gasteiger partial charge < -0.3 is 14.6 Å². The third kappa shape index (κ3) is 3.52. The van der Waals surface area contributed by atoms with E-state index in [2.05, 4.69) is 27.1 Å². The van der Waals surface area contributed by atoms with E-state index >= 15 is 0 Å². The number of fused-ring (bicyclic) bond motifs is 1. The summed E-state index contributed by atoms with van der Waals surface area (Å²) in [7, 11) is 2.06. The third-order valence-corrected chi connectivity index (χ3v) is 6.15. The fraction of sp³-hybridized carbons (Fsp3) is 0.476. The number of nitrogens with zero attached hydrogens (tertiary/aromatic N) is 5. The van der Waals surface area contributed by atoms with Gasteiger partial charge in [-0.15, -0.1) is 10.2 Å². The highest BCUT2D eigenvalue weighted by Gasteiger charge is 2.37. The third-order valence-electron chi connectivity index (χ3n) is 6.15. The highest BCUT2D eigenvalue weighted by molar-refractivity contribution is 5.84. The minimum absolute atomic E-state index is 0.103. The highest BCUT2D eigenvalue weighted by Crippen LogP contribution is 2.48. The summed E-state index contributed by atoms with van der Waals surface area (Å²) in [5.74, 6) is -2.03. The summed E-state index contributed by atoms with van der Waals surface area (Å²) >= 11 is 0. The number of benzene rings is 1. The number of hydrogen-bond donors (Lipinski definition) is 1. The number of phenolic OH excluding ortho intramolecular Hbond substituents is 1. The number of rotatable bonds is 3. The standard InChI is InChI=1S/C21H21F4N5O/c1-29-6-2-3-12(9-29)30-10-26-19-17(11-4-5-11)18(27-28-20(19)30)13-7-15(22)14(8-16(13)31)21(23,24)25/h7-8,10-12,31H,2-6,9H2,1H3/t12-/m1/s1. The lowest BCUT2D eigenvalue weighted by Crippen LogP contribution is -2.33. The second-order valence-electron chi connectivity index (χ2n) is 8.47. The largest absolute Gasteiger partial charge is 0.507 e. The van der Waals surface area contributed by atoms with Crippen molar-refractivity contribution >= 4 is 11.2 Å². The van der Waals surface area contributed by atoms with Gasteiger partial charge in [-0.1, -0.05) is 0 Å². The second-order valence-corrected chi connectivity index (χ2v) is 8.47. The monoisotopic (exact) mass is 435 g/mol. The van der Waals surface area contributed by atoms with E-state index in [1.54, 1.807) is 6.33 Å². The van der Waals surface area contributed by atoms with Crippen LogP contribution in [0.4, 0.5) is 17.6 Å². The Morgan fingerprint density at radius 1 is 1.13 bits per heavy atom. The number of aromatic nitrogens is 4. The number of likely N-dealkylation sites (N-methyl/N-ethyl adjacent to an activating group) is 1. The molecule has 0 amide bonds. The molecule has 1 atom stereocenters. The molecule has 3 aromatic rings. The fourth-order valence-electron chi connectivity index (χ4n) is 4.47. The van der Waals surface area contributed by atoms with Crippen LogP contribution in [0.15, 0.2) is 18.5 Å². The zero-order valence-corrected chi connectivity index (χ0v) is 16.8. The molecule has 6 nitrogen and oxygen atoms in total. The van der Waals surface area contributed by atoms with Crippen molar-refractivity contribution in [2.45, 2.75) is 43.8 Å². The first-order valence-electron chi connectivity index (χ1n) is 10.3. The molecule has 0 spiro atoms. The average Bonchev–Trinajstić information content (AvgIpc) is 3.46. The lowest BCUT2D eigenvalue weighted by Gasteiger charge is -2.30. The van der Waals surface area contributed by atoms with Gasteiger partial charge in [-0.05, 0) is 57.3 Å². The fourth-order valence-corrected chi connectivity index (χ4v) is 4.47. The molecule has 2 aliphatic rings. The van der Waals surface area contributed by atoms with Crippen LogP contribution in [0.1, 0.15) is 48.8 Å². The molecule has 0 bridgehead atoms. The molecule has 1 N–H and O–H groups in total. The van der Waals surface area contributed by atoms with Gasteiger partial charge in [0, 0.05) is 23.7 Å². The van der Waals surface area contributed by atoms with Crippen LogP contribution >= 0.6 is 0 Å². The first kappa shape index (κ1) is 20.2. The number of imidazole rings is 1. The van der Waals surface area contributed by atoms with Crippen LogP contribution in [0, 0.1) is 5.82 Å². The number of aromatic hydroxyl groups is 1. The van der Waals surface area contributed by atoms with Gasteiger partial charge in [-0.25, -0.2) is 9.37 Å². The Labute approximate surface area is 175 Å². The summed E-state index contributed by atoms with van der Waals surface area (Å²) < 4.78 is 55.3. The average molecular weight is 435 g/mol. The SMILES string of the molecule is CN1CCC[C@@H](n2cnc3c(C4CC4)c(-c4cc(F)c(C(F)(F)F)cc4O)nnc32)C1. The predicted molar refractivity (Wildman–Crippen MR) is 105 cm³/mol. The molecule has 1 aliphatic heterocycles. The van der Waals surface area contributed by atoms with Crippen molar-refractivity contribution in [2.75, 3.05) is 20.1 Å². The van der Waals surface area contributed by atoms with Crippen LogP contribution in [0.5, 0.6) is 5.75 Å². The van der Waals surface area contributed by atoms with Crippen LogP contribution in [0.2, 0.25) is 0 Å². The molecule has 2 aromatic heterocycles. The molecule has 3 heterocycles. The number of phenols is 1. The van der Waals surface area contributed by atoms with Gasteiger partial charge in [0.2, 0.25) is 0 Å². The van der Waals surface area contributed by atoms with Crippen molar-refractivity contribution in [2.24, 2.45) is 0 Å². The van der Waals surface area contributed by atoms with E-state index in [9.17, 15) is 22.7 Å². The molecule has 31 heavy (non-hydrogen) atoms. The Bertz CT molecular complexity index is 1150. The number of likely N-dealkylation sites (tertiary alicyclic amines) is 1. The molecule has 10 heteroatoms. The van der Waals surface area contributed by atoms with Gasteiger partial charge in [0.25, 0.3) is 0 Å². The summed E-state index contributed by atoms with van der Waals surface area (Å²) in [6.45, 7) is 1.89. The van der Waals surface area contributed by atoms with Crippen molar-refractivity contribution in [3.05, 3.63) is 35.4 Å². The first-order valence-corrected chi connectivity index (χ1v) is 10.3. The van der Waals surface area contributed by atoms with E-state index in [0.29, 0.717) is 28.9 Å². The van der Waals surface area contributed by atoms with Crippen LogP contribution in [-0.4, -0.2) is 49.9 Å². The Hall–Kier alpha value is -2.75. The summed E-state index contributed by atoms with van der Waals surface area (Å²) in [4.78, 5) is 6.80. The molecule has 164 valence electrons. The van der Waals surface area contributed by atoms with E-state index in [0.717, 1.165) is 38.8 Å². The Morgan fingerprint density at radius 2 is 1.90 bits per heavy atom. The quantitative estimate of drug-likeness (QED) is 0.614. The summed E-state index contributed by atoms with van der Waals surface area (Å²) in [5.41, 5.74) is 0.502. The minimum atomic E-state index is -4.90.